The summed E-state index contributed by atoms with van der Waals surface area (Å²) in [5, 5.41) is 11.4. The number of carboxylic acids is 1. The Hall–Kier alpha value is -3.07. The second-order valence-corrected chi connectivity index (χ2v) is 7.79. The fraction of sp³-hybridized carbons (Fsp3) is 0.176. The maximum absolute atomic E-state index is 12.5. The van der Waals surface area contributed by atoms with Gasteiger partial charge >= 0.3 is 5.97 Å². The fourth-order valence-electron chi connectivity index (χ4n) is 2.02. The van der Waals surface area contributed by atoms with Crippen LogP contribution >= 0.6 is 0 Å². The van der Waals surface area contributed by atoms with Gasteiger partial charge in [0.05, 0.1) is 10.5 Å². The molecule has 0 fully saturated rings. The van der Waals surface area contributed by atoms with Gasteiger partial charge in [-0.25, -0.2) is 13.2 Å². The van der Waals surface area contributed by atoms with Crippen molar-refractivity contribution in [1.29, 1.82) is 0 Å². The number of carboxylic acid groups (broad SMARTS) is 1. The van der Waals surface area contributed by atoms with Gasteiger partial charge in [-0.15, -0.1) is 0 Å². The molecule has 0 aliphatic rings. The predicted molar refractivity (Wildman–Crippen MR) is 97.3 cm³/mol. The number of nitrogen functional groups attached to an aromatic ring is 1. The van der Waals surface area contributed by atoms with E-state index in [0.29, 0.717) is 5.69 Å². The van der Waals surface area contributed by atoms with Gasteiger partial charge in [-0.2, -0.15) is 0 Å². The molecule has 0 atom stereocenters. The zero-order chi connectivity index (χ0) is 19.5. The molecule has 1 amide bonds. The Labute approximate surface area is 151 Å². The monoisotopic (exact) mass is 377 g/mol. The van der Waals surface area contributed by atoms with E-state index in [1.54, 1.807) is 30.3 Å². The van der Waals surface area contributed by atoms with Gasteiger partial charge < -0.3 is 16.2 Å². The molecule has 26 heavy (non-hydrogen) atoms. The van der Waals surface area contributed by atoms with Crippen LogP contribution in [0.5, 0.6) is 0 Å². The van der Waals surface area contributed by atoms with E-state index in [0.717, 1.165) is 6.07 Å². The summed E-state index contributed by atoms with van der Waals surface area (Å²) in [4.78, 5) is 23.3. The van der Waals surface area contributed by atoms with Crippen molar-refractivity contribution in [2.45, 2.75) is 24.3 Å². The molecule has 0 heterocycles. The molecular weight excluding hydrogens is 358 g/mol. The minimum Gasteiger partial charge on any atom is -0.480 e. The molecule has 0 saturated heterocycles. The van der Waals surface area contributed by atoms with Crippen molar-refractivity contribution in [1.82, 2.24) is 5.32 Å². The highest BCUT2D eigenvalue weighted by molar-refractivity contribution is 7.92. The minimum absolute atomic E-state index is 0.0300. The van der Waals surface area contributed by atoms with Crippen molar-refractivity contribution in [2.75, 3.05) is 10.5 Å². The Balaban J connectivity index is 2.34. The molecular formula is C17H19N3O5S. The second kappa shape index (κ2) is 7.04. The molecule has 2 aromatic rings. The Morgan fingerprint density at radius 3 is 2.27 bits per heavy atom. The third-order valence-corrected chi connectivity index (χ3v) is 4.95. The number of sulfonamides is 1. The van der Waals surface area contributed by atoms with Gasteiger partial charge in [-0.3, -0.25) is 9.52 Å². The Morgan fingerprint density at radius 1 is 1.08 bits per heavy atom. The van der Waals surface area contributed by atoms with Crippen LogP contribution in [0.25, 0.3) is 0 Å². The number of rotatable bonds is 6. The molecule has 2 rings (SSSR count). The molecule has 5 N–H and O–H groups in total. The van der Waals surface area contributed by atoms with Gasteiger partial charge in [0.25, 0.3) is 15.9 Å². The minimum atomic E-state index is -3.95. The number of carbonyl (C=O) groups is 2. The molecule has 0 aliphatic heterocycles. The average Bonchev–Trinajstić information content (AvgIpc) is 2.54. The molecule has 9 heteroatoms. The summed E-state index contributed by atoms with van der Waals surface area (Å²) in [5.41, 5.74) is 4.48. The van der Waals surface area contributed by atoms with E-state index in [2.05, 4.69) is 10.0 Å². The predicted octanol–water partition coefficient (Wildman–Crippen LogP) is 1.66. The van der Waals surface area contributed by atoms with E-state index in [4.69, 9.17) is 10.8 Å². The molecule has 0 radical (unpaired) electrons. The number of amides is 1. The van der Waals surface area contributed by atoms with Gasteiger partial charge in [0.15, 0.2) is 0 Å². The third-order valence-electron chi connectivity index (χ3n) is 3.57. The molecule has 0 unspecified atom stereocenters. The van der Waals surface area contributed by atoms with E-state index < -0.39 is 27.4 Å². The van der Waals surface area contributed by atoms with E-state index in [9.17, 15) is 18.0 Å². The molecule has 0 saturated carbocycles. The van der Waals surface area contributed by atoms with E-state index >= 15 is 0 Å². The quantitative estimate of drug-likeness (QED) is 0.565. The summed E-state index contributed by atoms with van der Waals surface area (Å²) in [7, 11) is -3.95. The van der Waals surface area contributed by atoms with Gasteiger partial charge in [0.2, 0.25) is 0 Å². The summed E-state index contributed by atoms with van der Waals surface area (Å²) in [5.74, 6) is -2.02. The first-order chi connectivity index (χ1) is 12.0. The lowest BCUT2D eigenvalue weighted by Crippen LogP contribution is -2.49. The molecule has 8 nitrogen and oxygen atoms in total. The lowest BCUT2D eigenvalue weighted by molar-refractivity contribution is -0.143. The van der Waals surface area contributed by atoms with Crippen molar-refractivity contribution in [3.63, 3.8) is 0 Å². The SMILES string of the molecule is CC(C)(NC(=O)c1cc(S(=O)(=O)Nc2ccccc2)ccc1N)C(=O)O. The molecule has 0 spiro atoms. The highest BCUT2D eigenvalue weighted by Crippen LogP contribution is 2.21. The Bertz CT molecular complexity index is 940. The number of hydrogen-bond acceptors (Lipinski definition) is 5. The molecule has 0 aromatic heterocycles. The van der Waals surface area contributed by atoms with Crippen molar-refractivity contribution in [2.24, 2.45) is 0 Å². The number of anilines is 2. The highest BCUT2D eigenvalue weighted by Gasteiger charge is 2.30. The maximum atomic E-state index is 12.5. The smallest absolute Gasteiger partial charge is 0.328 e. The van der Waals surface area contributed by atoms with E-state index in [1.165, 1.54) is 26.0 Å². The first-order valence-electron chi connectivity index (χ1n) is 7.56. The maximum Gasteiger partial charge on any atom is 0.328 e. The van der Waals surface area contributed by atoms with Gasteiger partial charge in [0, 0.05) is 11.4 Å². The number of para-hydroxylation sites is 1. The Morgan fingerprint density at radius 2 is 1.69 bits per heavy atom. The van der Waals surface area contributed by atoms with Crippen molar-refractivity contribution < 1.29 is 23.1 Å². The molecule has 138 valence electrons. The van der Waals surface area contributed by atoms with Crippen molar-refractivity contribution >= 4 is 33.3 Å². The van der Waals surface area contributed by atoms with Gasteiger partial charge in [-0.1, -0.05) is 18.2 Å². The van der Waals surface area contributed by atoms with Crippen molar-refractivity contribution in [3.05, 3.63) is 54.1 Å². The summed E-state index contributed by atoms with van der Waals surface area (Å²) < 4.78 is 27.4. The lowest BCUT2D eigenvalue weighted by Gasteiger charge is -2.21. The largest absolute Gasteiger partial charge is 0.480 e. The van der Waals surface area contributed by atoms with E-state index in [1.807, 2.05) is 0 Å². The first kappa shape index (κ1) is 19.3. The molecule has 2 aromatic carbocycles. The number of hydrogen-bond donors (Lipinski definition) is 4. The van der Waals surface area contributed by atoms with Crippen LogP contribution in [-0.4, -0.2) is 30.9 Å². The van der Waals surface area contributed by atoms with E-state index in [-0.39, 0.29) is 16.1 Å². The van der Waals surface area contributed by atoms with Crippen LogP contribution in [0.1, 0.15) is 24.2 Å². The fourth-order valence-corrected chi connectivity index (χ4v) is 3.11. The third kappa shape index (κ3) is 4.31. The number of aliphatic carboxylic acids is 1. The first-order valence-corrected chi connectivity index (χ1v) is 9.04. The standard InChI is InChI=1S/C17H19N3O5S/c1-17(2,16(22)23)19-15(21)13-10-12(8-9-14(13)18)26(24,25)20-11-6-4-3-5-7-11/h3-10,20H,18H2,1-2H3,(H,19,21)(H,22,23). The summed E-state index contributed by atoms with van der Waals surface area (Å²) >= 11 is 0. The van der Waals surface area contributed by atoms with Crippen LogP contribution < -0.4 is 15.8 Å². The summed E-state index contributed by atoms with van der Waals surface area (Å²) in [6.07, 6.45) is 0. The van der Waals surface area contributed by atoms with Crippen LogP contribution in [-0.2, 0) is 14.8 Å². The van der Waals surface area contributed by atoms with Crippen LogP contribution in [0.2, 0.25) is 0 Å². The normalized spacial score (nSPS) is 11.6. The zero-order valence-electron chi connectivity index (χ0n) is 14.2. The van der Waals surface area contributed by atoms with Crippen LogP contribution in [0.3, 0.4) is 0 Å². The number of benzene rings is 2. The van der Waals surface area contributed by atoms with Crippen molar-refractivity contribution in [3.8, 4) is 0 Å². The summed E-state index contributed by atoms with van der Waals surface area (Å²) in [6.45, 7) is 2.61. The van der Waals surface area contributed by atoms with Gasteiger partial charge in [-0.05, 0) is 44.2 Å². The zero-order valence-corrected chi connectivity index (χ0v) is 15.0. The lowest BCUT2D eigenvalue weighted by atomic mass is 10.0. The average molecular weight is 377 g/mol. The number of carbonyl (C=O) groups excluding carboxylic acids is 1. The van der Waals surface area contributed by atoms with Crippen LogP contribution in [0.4, 0.5) is 11.4 Å². The summed E-state index contributed by atoms with van der Waals surface area (Å²) in [6, 6.07) is 11.9. The van der Waals surface area contributed by atoms with Crippen LogP contribution in [0.15, 0.2) is 53.4 Å². The molecule has 0 aliphatic carbocycles. The topological polar surface area (TPSA) is 139 Å². The van der Waals surface area contributed by atoms with Crippen LogP contribution in [0, 0.1) is 0 Å². The molecule has 0 bridgehead atoms. The number of nitrogens with two attached hydrogens (primary N) is 1. The highest BCUT2D eigenvalue weighted by atomic mass is 32.2. The number of nitrogens with one attached hydrogen (secondary N) is 2. The van der Waals surface area contributed by atoms with Gasteiger partial charge in [0.1, 0.15) is 5.54 Å². The Kier molecular flexibility index (Phi) is 5.22. The second-order valence-electron chi connectivity index (χ2n) is 6.10.